The minimum atomic E-state index is -2.95. The Balaban J connectivity index is 2.47. The van der Waals surface area contributed by atoms with Crippen LogP contribution in [-0.4, -0.2) is 16.6 Å². The minimum Gasteiger partial charge on any atom is -0.416 e. The normalized spacial score (nSPS) is 10.4. The van der Waals surface area contributed by atoms with Crippen molar-refractivity contribution in [2.45, 2.75) is 13.5 Å². The van der Waals surface area contributed by atoms with Crippen LogP contribution in [0.4, 0.5) is 8.78 Å². The van der Waals surface area contributed by atoms with Gasteiger partial charge in [0, 0.05) is 11.1 Å². The highest BCUT2D eigenvalue weighted by atomic mass is 32.1. The highest BCUT2D eigenvalue weighted by molar-refractivity contribution is 7.15. The largest absolute Gasteiger partial charge is 0.416 e. The first kappa shape index (κ1) is 12.4. The molecule has 0 unspecified atom stereocenters. The van der Waals surface area contributed by atoms with E-state index in [2.05, 4.69) is 14.7 Å². The molecule has 0 bridgehead atoms. The van der Waals surface area contributed by atoms with Crippen molar-refractivity contribution in [1.82, 2.24) is 9.97 Å². The monoisotopic (exact) mass is 267 g/mol. The van der Waals surface area contributed by atoms with E-state index in [0.29, 0.717) is 10.6 Å². The Hall–Kier alpha value is -2.07. The quantitative estimate of drug-likeness (QED) is 0.857. The Bertz CT molecular complexity index is 607. The molecule has 2 aromatic rings. The van der Waals surface area contributed by atoms with Crippen molar-refractivity contribution in [1.29, 1.82) is 5.26 Å². The molecule has 7 heteroatoms. The van der Waals surface area contributed by atoms with E-state index in [9.17, 15) is 8.78 Å². The third-order valence-corrected chi connectivity index (χ3v) is 3.11. The van der Waals surface area contributed by atoms with Crippen molar-refractivity contribution >= 4 is 11.3 Å². The number of hydrogen-bond acceptors (Lipinski definition) is 5. The van der Waals surface area contributed by atoms with Crippen LogP contribution in [0, 0.1) is 18.3 Å². The number of halogens is 2. The van der Waals surface area contributed by atoms with Gasteiger partial charge in [0.2, 0.25) is 5.88 Å². The molecule has 0 spiro atoms. The molecule has 0 aliphatic carbocycles. The molecule has 0 aliphatic rings. The summed E-state index contributed by atoms with van der Waals surface area (Å²) in [6, 6.07) is 5.10. The minimum absolute atomic E-state index is 0.189. The van der Waals surface area contributed by atoms with E-state index < -0.39 is 6.61 Å². The van der Waals surface area contributed by atoms with Crippen LogP contribution in [0.25, 0.3) is 10.6 Å². The van der Waals surface area contributed by atoms with Gasteiger partial charge in [-0.2, -0.15) is 14.0 Å². The van der Waals surface area contributed by atoms with Gasteiger partial charge in [-0.05, 0) is 19.1 Å². The van der Waals surface area contributed by atoms with Gasteiger partial charge in [0.15, 0.2) is 5.69 Å². The molecule has 0 aromatic carbocycles. The maximum absolute atomic E-state index is 12.2. The molecule has 0 saturated heterocycles. The van der Waals surface area contributed by atoms with Gasteiger partial charge in [-0.3, -0.25) is 0 Å². The van der Waals surface area contributed by atoms with E-state index in [1.165, 1.54) is 17.5 Å². The summed E-state index contributed by atoms with van der Waals surface area (Å²) in [6.45, 7) is -1.21. The molecule has 0 fully saturated rings. The fourth-order valence-corrected chi connectivity index (χ4v) is 2.23. The second-order valence-corrected chi connectivity index (χ2v) is 4.47. The SMILES string of the molecule is Cc1sc(-c2cccnc2OC(F)F)nc1C#N. The lowest BCUT2D eigenvalue weighted by atomic mass is 10.3. The molecule has 0 radical (unpaired) electrons. The Morgan fingerprint density at radius 2 is 2.28 bits per heavy atom. The first-order valence-corrected chi connectivity index (χ1v) is 5.71. The molecule has 0 aliphatic heterocycles. The van der Waals surface area contributed by atoms with Gasteiger partial charge in [-0.15, -0.1) is 11.3 Å². The second kappa shape index (κ2) is 5.06. The molecular weight excluding hydrogens is 260 g/mol. The van der Waals surface area contributed by atoms with Crippen molar-refractivity contribution < 1.29 is 13.5 Å². The molecule has 0 saturated carbocycles. The topological polar surface area (TPSA) is 58.8 Å². The zero-order chi connectivity index (χ0) is 13.1. The number of hydrogen-bond donors (Lipinski definition) is 0. The van der Waals surface area contributed by atoms with E-state index >= 15 is 0 Å². The first-order valence-electron chi connectivity index (χ1n) is 4.89. The maximum Gasteiger partial charge on any atom is 0.388 e. The Morgan fingerprint density at radius 1 is 1.50 bits per heavy atom. The first-order chi connectivity index (χ1) is 8.61. The summed E-state index contributed by atoms with van der Waals surface area (Å²) in [4.78, 5) is 8.52. The number of thiazole rings is 1. The summed E-state index contributed by atoms with van der Waals surface area (Å²) in [7, 11) is 0. The standard InChI is InChI=1S/C11H7F2N3OS/c1-6-8(5-14)16-10(18-6)7-3-2-4-15-9(7)17-11(12)13/h2-4,11H,1H3. The fraction of sp³-hybridized carbons (Fsp3) is 0.182. The average molecular weight is 267 g/mol. The van der Waals surface area contributed by atoms with Crippen molar-refractivity contribution in [2.75, 3.05) is 0 Å². The maximum atomic E-state index is 12.2. The predicted molar refractivity (Wildman–Crippen MR) is 61.4 cm³/mol. The number of aromatic nitrogens is 2. The van der Waals surface area contributed by atoms with Gasteiger partial charge >= 0.3 is 6.61 Å². The van der Waals surface area contributed by atoms with Crippen LogP contribution in [0.2, 0.25) is 0 Å². The summed E-state index contributed by atoms with van der Waals surface area (Å²) >= 11 is 1.23. The number of pyridine rings is 1. The van der Waals surface area contributed by atoms with Crippen molar-refractivity contribution in [3.63, 3.8) is 0 Å². The lowest BCUT2D eigenvalue weighted by molar-refractivity contribution is -0.0524. The molecule has 92 valence electrons. The lowest BCUT2D eigenvalue weighted by Crippen LogP contribution is -2.04. The van der Waals surface area contributed by atoms with Crippen LogP contribution in [0.3, 0.4) is 0 Å². The Morgan fingerprint density at radius 3 is 2.89 bits per heavy atom. The van der Waals surface area contributed by atoms with Crippen molar-refractivity contribution in [3.05, 3.63) is 28.9 Å². The molecule has 18 heavy (non-hydrogen) atoms. The third kappa shape index (κ3) is 2.43. The zero-order valence-electron chi connectivity index (χ0n) is 9.22. The molecule has 2 rings (SSSR count). The van der Waals surface area contributed by atoms with Gasteiger partial charge in [0.05, 0.1) is 5.56 Å². The highest BCUT2D eigenvalue weighted by Gasteiger charge is 2.16. The molecule has 0 N–H and O–H groups in total. The van der Waals surface area contributed by atoms with Crippen LogP contribution in [0.1, 0.15) is 10.6 Å². The molecule has 4 nitrogen and oxygen atoms in total. The number of ether oxygens (including phenoxy) is 1. The molecule has 2 aromatic heterocycles. The fourth-order valence-electron chi connectivity index (χ4n) is 1.35. The van der Waals surface area contributed by atoms with E-state index in [4.69, 9.17) is 5.26 Å². The lowest BCUT2D eigenvalue weighted by Gasteiger charge is -2.06. The highest BCUT2D eigenvalue weighted by Crippen LogP contribution is 2.33. The zero-order valence-corrected chi connectivity index (χ0v) is 10.0. The Kier molecular flexibility index (Phi) is 3.48. The Labute approximate surface area is 106 Å². The second-order valence-electron chi connectivity index (χ2n) is 3.27. The van der Waals surface area contributed by atoms with Gasteiger partial charge < -0.3 is 4.74 Å². The van der Waals surface area contributed by atoms with Gasteiger partial charge in [-0.1, -0.05) is 0 Å². The van der Waals surface area contributed by atoms with Crippen molar-refractivity contribution in [2.24, 2.45) is 0 Å². The third-order valence-electron chi connectivity index (χ3n) is 2.10. The molecule has 2 heterocycles. The van der Waals surface area contributed by atoms with Crippen molar-refractivity contribution in [3.8, 4) is 22.5 Å². The summed E-state index contributed by atoms with van der Waals surface area (Å²) in [6.07, 6.45) is 1.35. The van der Waals surface area contributed by atoms with Crippen LogP contribution in [0.5, 0.6) is 5.88 Å². The number of nitriles is 1. The van der Waals surface area contributed by atoms with Crippen LogP contribution in [-0.2, 0) is 0 Å². The summed E-state index contributed by atoms with van der Waals surface area (Å²) in [5.74, 6) is -0.189. The number of aryl methyl sites for hydroxylation is 1. The molecule has 0 atom stereocenters. The van der Waals surface area contributed by atoms with Crippen LogP contribution >= 0.6 is 11.3 Å². The summed E-state index contributed by atoms with van der Waals surface area (Å²) < 4.78 is 28.8. The number of nitrogens with zero attached hydrogens (tertiary/aromatic N) is 3. The van der Waals surface area contributed by atoms with E-state index in [-0.39, 0.29) is 11.6 Å². The van der Waals surface area contributed by atoms with E-state index in [1.54, 1.807) is 19.1 Å². The van der Waals surface area contributed by atoms with E-state index in [0.717, 1.165) is 4.88 Å². The van der Waals surface area contributed by atoms with Gasteiger partial charge in [0.1, 0.15) is 11.1 Å². The van der Waals surface area contributed by atoms with Gasteiger partial charge in [0.25, 0.3) is 0 Å². The van der Waals surface area contributed by atoms with Gasteiger partial charge in [-0.25, -0.2) is 9.97 Å². The van der Waals surface area contributed by atoms with E-state index in [1.807, 2.05) is 6.07 Å². The average Bonchev–Trinajstić information content (AvgIpc) is 2.70. The van der Waals surface area contributed by atoms with Crippen LogP contribution < -0.4 is 4.74 Å². The summed E-state index contributed by atoms with van der Waals surface area (Å²) in [5.41, 5.74) is 0.634. The number of rotatable bonds is 3. The smallest absolute Gasteiger partial charge is 0.388 e. The molecule has 0 amide bonds. The molecular formula is C11H7F2N3OS. The number of alkyl halides is 2. The summed E-state index contributed by atoms with van der Waals surface area (Å²) in [5, 5.41) is 9.26. The van der Waals surface area contributed by atoms with Crippen LogP contribution in [0.15, 0.2) is 18.3 Å². The predicted octanol–water partition coefficient (Wildman–Crippen LogP) is 2.99.